The molecule has 1 aliphatic heterocycles. The van der Waals surface area contributed by atoms with Crippen LogP contribution in [-0.2, 0) is 27.8 Å². The number of carbonyl (C=O) groups is 2. The lowest BCUT2D eigenvalue weighted by Crippen LogP contribution is -2.36. The van der Waals surface area contributed by atoms with E-state index in [9.17, 15) is 18.0 Å². The van der Waals surface area contributed by atoms with E-state index in [-0.39, 0.29) is 27.9 Å². The summed E-state index contributed by atoms with van der Waals surface area (Å²) in [6.45, 7) is 2.02. The second kappa shape index (κ2) is 9.35. The number of rotatable bonds is 5. The first-order chi connectivity index (χ1) is 15.7. The minimum Gasteiger partial charge on any atom is -0.326 e. The van der Waals surface area contributed by atoms with Crippen LogP contribution in [0.25, 0.3) is 0 Å². The summed E-state index contributed by atoms with van der Waals surface area (Å²) in [5.41, 5.74) is 3.11. The quantitative estimate of drug-likeness (QED) is 0.565. The fourth-order valence-electron chi connectivity index (χ4n) is 3.74. The predicted molar refractivity (Wildman–Crippen MR) is 128 cm³/mol. The van der Waals surface area contributed by atoms with Crippen LogP contribution in [0.3, 0.4) is 0 Å². The molecule has 0 spiro atoms. The summed E-state index contributed by atoms with van der Waals surface area (Å²) in [6, 6.07) is 18.5. The van der Waals surface area contributed by atoms with Gasteiger partial charge in [0.15, 0.2) is 0 Å². The monoisotopic (exact) mass is 483 g/mol. The molecule has 0 saturated heterocycles. The zero-order chi connectivity index (χ0) is 23.6. The van der Waals surface area contributed by atoms with Crippen LogP contribution < -0.4 is 10.6 Å². The van der Waals surface area contributed by atoms with Gasteiger partial charge in [0.05, 0.1) is 15.5 Å². The Labute approximate surface area is 197 Å². The zero-order valence-corrected chi connectivity index (χ0v) is 19.4. The molecular weight excluding hydrogens is 462 g/mol. The summed E-state index contributed by atoms with van der Waals surface area (Å²) in [5.74, 6) is -0.791. The van der Waals surface area contributed by atoms with Crippen LogP contribution in [0.15, 0.2) is 71.6 Å². The maximum Gasteiger partial charge on any atom is 0.257 e. The standard InChI is InChI=1S/C24H22ClN3O4S/c1-16(29)26-19-7-4-8-20(13-19)27-24(30)22-14-21(9-10-23(22)25)33(31,32)28-12-11-17-5-2-3-6-18(17)15-28/h2-10,13-14H,11-12,15H2,1H3,(H,26,29)(H,27,30). The van der Waals surface area contributed by atoms with Crippen molar-refractivity contribution in [1.82, 2.24) is 4.31 Å². The highest BCUT2D eigenvalue weighted by Crippen LogP contribution is 2.28. The first-order valence-corrected chi connectivity index (χ1v) is 12.1. The molecule has 33 heavy (non-hydrogen) atoms. The van der Waals surface area contributed by atoms with Gasteiger partial charge in [-0.2, -0.15) is 4.31 Å². The molecule has 0 aromatic heterocycles. The number of benzene rings is 3. The van der Waals surface area contributed by atoms with Crippen molar-refractivity contribution in [3.63, 3.8) is 0 Å². The third-order valence-electron chi connectivity index (χ3n) is 5.36. The number of halogens is 1. The van der Waals surface area contributed by atoms with Crippen LogP contribution in [-0.4, -0.2) is 31.1 Å². The average Bonchev–Trinajstić information content (AvgIpc) is 2.78. The molecule has 1 heterocycles. The number of hydrogen-bond acceptors (Lipinski definition) is 4. The molecule has 0 aliphatic carbocycles. The van der Waals surface area contributed by atoms with Gasteiger partial charge in [0.1, 0.15) is 0 Å². The minimum atomic E-state index is -3.82. The average molecular weight is 484 g/mol. The van der Waals surface area contributed by atoms with Crippen LogP contribution in [0.1, 0.15) is 28.4 Å². The number of nitrogens with zero attached hydrogens (tertiary/aromatic N) is 1. The highest BCUT2D eigenvalue weighted by atomic mass is 35.5. The topological polar surface area (TPSA) is 95.6 Å². The molecule has 0 radical (unpaired) electrons. The summed E-state index contributed by atoms with van der Waals surface area (Å²) in [5, 5.41) is 5.47. The van der Waals surface area contributed by atoms with Crippen molar-refractivity contribution in [2.75, 3.05) is 17.2 Å². The highest BCUT2D eigenvalue weighted by molar-refractivity contribution is 7.89. The molecule has 0 unspecified atom stereocenters. The second-order valence-electron chi connectivity index (χ2n) is 7.72. The lowest BCUT2D eigenvalue weighted by atomic mass is 10.0. The van der Waals surface area contributed by atoms with Crippen LogP contribution in [0.4, 0.5) is 11.4 Å². The maximum absolute atomic E-state index is 13.3. The van der Waals surface area contributed by atoms with Crippen molar-refractivity contribution in [1.29, 1.82) is 0 Å². The smallest absolute Gasteiger partial charge is 0.257 e. The Morgan fingerprint density at radius 3 is 2.33 bits per heavy atom. The van der Waals surface area contributed by atoms with Gasteiger partial charge in [-0.05, 0) is 53.9 Å². The zero-order valence-electron chi connectivity index (χ0n) is 17.8. The first-order valence-electron chi connectivity index (χ1n) is 10.3. The van der Waals surface area contributed by atoms with Gasteiger partial charge in [-0.25, -0.2) is 8.42 Å². The van der Waals surface area contributed by atoms with Crippen molar-refractivity contribution < 1.29 is 18.0 Å². The van der Waals surface area contributed by atoms with E-state index < -0.39 is 15.9 Å². The molecule has 9 heteroatoms. The van der Waals surface area contributed by atoms with Crippen molar-refractivity contribution >= 4 is 44.8 Å². The highest BCUT2D eigenvalue weighted by Gasteiger charge is 2.29. The molecule has 3 aromatic carbocycles. The molecule has 2 amide bonds. The van der Waals surface area contributed by atoms with Gasteiger partial charge in [0.25, 0.3) is 5.91 Å². The van der Waals surface area contributed by atoms with Gasteiger partial charge in [0, 0.05) is 31.4 Å². The fraction of sp³-hybridized carbons (Fsp3) is 0.167. The third-order valence-corrected chi connectivity index (χ3v) is 7.53. The molecule has 7 nitrogen and oxygen atoms in total. The van der Waals surface area contributed by atoms with E-state index in [1.54, 1.807) is 24.3 Å². The van der Waals surface area contributed by atoms with Gasteiger partial charge < -0.3 is 10.6 Å². The van der Waals surface area contributed by atoms with E-state index in [2.05, 4.69) is 10.6 Å². The van der Waals surface area contributed by atoms with E-state index in [1.807, 2.05) is 24.3 Å². The molecule has 2 N–H and O–H groups in total. The molecule has 1 aliphatic rings. The summed E-state index contributed by atoms with van der Waals surface area (Å²) in [6.07, 6.45) is 0.626. The molecule has 4 rings (SSSR count). The molecule has 170 valence electrons. The number of nitrogens with one attached hydrogen (secondary N) is 2. The third kappa shape index (κ3) is 5.08. The van der Waals surface area contributed by atoms with Crippen LogP contribution in [0.5, 0.6) is 0 Å². The van der Waals surface area contributed by atoms with E-state index in [1.165, 1.54) is 29.4 Å². The van der Waals surface area contributed by atoms with Crippen molar-refractivity contribution in [3.05, 3.63) is 88.4 Å². The largest absolute Gasteiger partial charge is 0.326 e. The summed E-state index contributed by atoms with van der Waals surface area (Å²) >= 11 is 6.23. The van der Waals surface area contributed by atoms with E-state index >= 15 is 0 Å². The minimum absolute atomic E-state index is 0.00317. The van der Waals surface area contributed by atoms with E-state index in [0.717, 1.165) is 11.1 Å². The van der Waals surface area contributed by atoms with Crippen molar-refractivity contribution in [2.45, 2.75) is 24.8 Å². The van der Waals surface area contributed by atoms with Gasteiger partial charge in [-0.3, -0.25) is 9.59 Å². The number of anilines is 2. The lowest BCUT2D eigenvalue weighted by Gasteiger charge is -2.28. The maximum atomic E-state index is 13.3. The van der Waals surface area contributed by atoms with E-state index in [0.29, 0.717) is 24.3 Å². The van der Waals surface area contributed by atoms with Crippen LogP contribution in [0.2, 0.25) is 5.02 Å². The Morgan fingerprint density at radius 1 is 0.909 bits per heavy atom. The lowest BCUT2D eigenvalue weighted by molar-refractivity contribution is -0.114. The Balaban J connectivity index is 1.58. The second-order valence-corrected chi connectivity index (χ2v) is 10.1. The Kier molecular flexibility index (Phi) is 6.51. The van der Waals surface area contributed by atoms with E-state index in [4.69, 9.17) is 11.6 Å². The predicted octanol–water partition coefficient (Wildman–Crippen LogP) is 4.30. The van der Waals surface area contributed by atoms with Gasteiger partial charge in [-0.1, -0.05) is 41.9 Å². The van der Waals surface area contributed by atoms with Gasteiger partial charge >= 0.3 is 0 Å². The van der Waals surface area contributed by atoms with Gasteiger partial charge in [0.2, 0.25) is 15.9 Å². The fourth-order valence-corrected chi connectivity index (χ4v) is 5.39. The van der Waals surface area contributed by atoms with Gasteiger partial charge in [-0.15, -0.1) is 0 Å². The number of hydrogen-bond donors (Lipinski definition) is 2. The molecule has 3 aromatic rings. The Hall–Kier alpha value is -3.20. The summed E-state index contributed by atoms with van der Waals surface area (Å²) in [4.78, 5) is 24.2. The summed E-state index contributed by atoms with van der Waals surface area (Å²) in [7, 11) is -3.82. The number of amides is 2. The Morgan fingerprint density at radius 2 is 1.61 bits per heavy atom. The summed E-state index contributed by atoms with van der Waals surface area (Å²) < 4.78 is 28.0. The van der Waals surface area contributed by atoms with Crippen LogP contribution in [0, 0.1) is 0 Å². The Bertz CT molecular complexity index is 1340. The molecular formula is C24H22ClN3O4S. The van der Waals surface area contributed by atoms with Crippen LogP contribution >= 0.6 is 11.6 Å². The molecule has 0 saturated carbocycles. The number of carbonyl (C=O) groups excluding carboxylic acids is 2. The van der Waals surface area contributed by atoms with Crippen molar-refractivity contribution in [3.8, 4) is 0 Å². The van der Waals surface area contributed by atoms with Crippen molar-refractivity contribution in [2.24, 2.45) is 0 Å². The SMILES string of the molecule is CC(=O)Nc1cccc(NC(=O)c2cc(S(=O)(=O)N3CCc4ccccc4C3)ccc2Cl)c1. The number of sulfonamides is 1. The molecule has 0 bridgehead atoms. The molecule has 0 fully saturated rings. The normalized spacial score (nSPS) is 13.8. The molecule has 0 atom stereocenters. The first kappa shape index (κ1) is 23.0. The number of fused-ring (bicyclic) bond motifs is 1.